The van der Waals surface area contributed by atoms with E-state index in [0.717, 1.165) is 5.56 Å². The van der Waals surface area contributed by atoms with Gasteiger partial charge in [0.2, 0.25) is 0 Å². The molecule has 0 amide bonds. The van der Waals surface area contributed by atoms with E-state index in [4.69, 9.17) is 0 Å². The summed E-state index contributed by atoms with van der Waals surface area (Å²) in [5, 5.41) is 0. The van der Waals surface area contributed by atoms with Crippen molar-refractivity contribution in [3.05, 3.63) is 29.6 Å². The van der Waals surface area contributed by atoms with Crippen molar-refractivity contribution in [3.8, 4) is 0 Å². The lowest BCUT2D eigenvalue weighted by Crippen LogP contribution is -2.36. The zero-order valence-electron chi connectivity index (χ0n) is 8.77. The molecule has 1 aromatic carbocycles. The van der Waals surface area contributed by atoms with Gasteiger partial charge in [0.05, 0.1) is 0 Å². The fraction of sp³-hybridized carbons (Fsp3) is 0.455. The molecule has 1 nitrogen and oxygen atoms in total. The molecule has 1 atom stereocenters. The first-order chi connectivity index (χ1) is 7.88. The summed E-state index contributed by atoms with van der Waals surface area (Å²) < 4.78 is 50.3. The highest BCUT2D eigenvalue weighted by Crippen LogP contribution is 2.33. The van der Waals surface area contributed by atoms with Crippen molar-refractivity contribution in [1.82, 2.24) is 0 Å². The van der Waals surface area contributed by atoms with Crippen LogP contribution in [0.3, 0.4) is 0 Å². The van der Waals surface area contributed by atoms with Crippen molar-refractivity contribution >= 4 is 21.6 Å². The minimum Gasteiger partial charge on any atom is -0.369 e. The molecular weight excluding hydrogens is 302 g/mol. The third kappa shape index (κ3) is 2.73. The van der Waals surface area contributed by atoms with E-state index in [1.807, 2.05) is 0 Å². The minimum atomic E-state index is -4.28. The first-order valence-corrected chi connectivity index (χ1v) is 6.03. The van der Waals surface area contributed by atoms with Crippen molar-refractivity contribution in [2.24, 2.45) is 0 Å². The molecule has 1 aliphatic rings. The SMILES string of the molecule is Fc1ccc2c(c1)N(CC(Br)C(F)(F)F)CC2. The topological polar surface area (TPSA) is 3.24 Å². The Labute approximate surface area is 105 Å². The molecule has 0 bridgehead atoms. The molecule has 6 heteroatoms. The number of rotatable bonds is 2. The van der Waals surface area contributed by atoms with Gasteiger partial charge < -0.3 is 4.90 Å². The van der Waals surface area contributed by atoms with Crippen LogP contribution in [0.25, 0.3) is 0 Å². The standard InChI is InChI=1S/C11H10BrF4N/c12-10(11(14,15)16)6-17-4-3-7-1-2-8(13)5-9(7)17/h1-2,5,10H,3-4,6H2. The normalized spacial score (nSPS) is 17.1. The first kappa shape index (κ1) is 12.7. The summed E-state index contributed by atoms with van der Waals surface area (Å²) in [5.41, 5.74) is 1.46. The molecule has 0 spiro atoms. The second kappa shape index (κ2) is 4.48. The molecule has 0 radical (unpaired) electrons. The highest BCUT2D eigenvalue weighted by Gasteiger charge is 2.39. The molecule has 0 aromatic heterocycles. The smallest absolute Gasteiger partial charge is 0.369 e. The van der Waals surface area contributed by atoms with Gasteiger partial charge in [-0.25, -0.2) is 4.39 Å². The molecule has 17 heavy (non-hydrogen) atoms. The number of alkyl halides is 4. The van der Waals surface area contributed by atoms with Crippen LogP contribution >= 0.6 is 15.9 Å². The summed E-state index contributed by atoms with van der Waals surface area (Å²) in [4.78, 5) is -0.0325. The average molecular weight is 312 g/mol. The Bertz CT molecular complexity index is 418. The van der Waals surface area contributed by atoms with Gasteiger partial charge in [0.1, 0.15) is 10.6 Å². The Hall–Kier alpha value is -0.780. The second-order valence-electron chi connectivity index (χ2n) is 3.98. The van der Waals surface area contributed by atoms with E-state index < -0.39 is 16.8 Å². The fourth-order valence-corrected chi connectivity index (χ4v) is 2.25. The predicted molar refractivity (Wildman–Crippen MR) is 61.1 cm³/mol. The maximum absolute atomic E-state index is 13.0. The van der Waals surface area contributed by atoms with Crippen molar-refractivity contribution in [1.29, 1.82) is 0 Å². The van der Waals surface area contributed by atoms with Gasteiger partial charge in [-0.05, 0) is 24.1 Å². The summed E-state index contributed by atoms with van der Waals surface area (Å²) in [7, 11) is 0. The van der Waals surface area contributed by atoms with Gasteiger partial charge >= 0.3 is 6.18 Å². The molecule has 94 valence electrons. The molecule has 0 N–H and O–H groups in total. The van der Waals surface area contributed by atoms with Crippen molar-refractivity contribution in [2.45, 2.75) is 17.4 Å². The lowest BCUT2D eigenvalue weighted by molar-refractivity contribution is -0.125. The van der Waals surface area contributed by atoms with Gasteiger partial charge in [0, 0.05) is 18.8 Å². The third-order valence-electron chi connectivity index (χ3n) is 2.77. The zero-order valence-corrected chi connectivity index (χ0v) is 10.4. The maximum Gasteiger partial charge on any atom is 0.402 e. The van der Waals surface area contributed by atoms with Gasteiger partial charge in [0.15, 0.2) is 0 Å². The molecule has 0 saturated carbocycles. The van der Waals surface area contributed by atoms with Crippen LogP contribution in [0.1, 0.15) is 5.56 Å². The lowest BCUT2D eigenvalue weighted by Gasteiger charge is -2.24. The molecule has 1 unspecified atom stereocenters. The second-order valence-corrected chi connectivity index (χ2v) is 5.08. The van der Waals surface area contributed by atoms with E-state index >= 15 is 0 Å². The lowest BCUT2D eigenvalue weighted by atomic mass is 10.2. The van der Waals surface area contributed by atoms with Crippen LogP contribution in [0.4, 0.5) is 23.2 Å². The first-order valence-electron chi connectivity index (χ1n) is 5.12. The monoisotopic (exact) mass is 311 g/mol. The van der Waals surface area contributed by atoms with Crippen molar-refractivity contribution in [3.63, 3.8) is 0 Å². The highest BCUT2D eigenvalue weighted by molar-refractivity contribution is 9.09. The van der Waals surface area contributed by atoms with Crippen LogP contribution in [-0.2, 0) is 6.42 Å². The third-order valence-corrected chi connectivity index (χ3v) is 3.58. The number of hydrogen-bond acceptors (Lipinski definition) is 1. The van der Waals surface area contributed by atoms with E-state index in [0.29, 0.717) is 18.7 Å². The number of halogens is 5. The number of nitrogens with zero attached hydrogens (tertiary/aromatic N) is 1. The van der Waals surface area contributed by atoms with Crippen LogP contribution in [0.2, 0.25) is 0 Å². The van der Waals surface area contributed by atoms with Gasteiger partial charge in [0.25, 0.3) is 0 Å². The van der Waals surface area contributed by atoms with E-state index in [1.165, 1.54) is 12.1 Å². The molecule has 0 saturated heterocycles. The summed E-state index contributed by atoms with van der Waals surface area (Å²) >= 11 is 2.62. The Morgan fingerprint density at radius 2 is 2.06 bits per heavy atom. The highest BCUT2D eigenvalue weighted by atomic mass is 79.9. The van der Waals surface area contributed by atoms with Gasteiger partial charge in [-0.15, -0.1) is 0 Å². The molecule has 0 aliphatic carbocycles. The molecule has 1 aliphatic heterocycles. The molecule has 1 heterocycles. The number of benzene rings is 1. The minimum absolute atomic E-state index is 0.194. The van der Waals surface area contributed by atoms with Crippen LogP contribution in [0, 0.1) is 5.82 Å². The summed E-state index contributed by atoms with van der Waals surface area (Å²) in [5.74, 6) is -0.422. The summed E-state index contributed by atoms with van der Waals surface area (Å²) in [6.45, 7) is 0.302. The van der Waals surface area contributed by atoms with E-state index in [2.05, 4.69) is 15.9 Å². The average Bonchev–Trinajstić information content (AvgIpc) is 2.60. The largest absolute Gasteiger partial charge is 0.402 e. The maximum atomic E-state index is 13.0. The Kier molecular flexibility index (Phi) is 3.34. The quantitative estimate of drug-likeness (QED) is 0.597. The van der Waals surface area contributed by atoms with E-state index in [-0.39, 0.29) is 6.54 Å². The van der Waals surface area contributed by atoms with Crippen LogP contribution in [0.5, 0.6) is 0 Å². The zero-order chi connectivity index (χ0) is 12.6. The number of hydrogen-bond donors (Lipinski definition) is 0. The predicted octanol–water partition coefficient (Wildman–Crippen LogP) is 3.51. The van der Waals surface area contributed by atoms with Crippen LogP contribution < -0.4 is 4.90 Å². The van der Waals surface area contributed by atoms with Gasteiger partial charge in [-0.1, -0.05) is 22.0 Å². The van der Waals surface area contributed by atoms with Crippen LogP contribution in [0.15, 0.2) is 18.2 Å². The fourth-order valence-electron chi connectivity index (χ4n) is 1.91. The summed E-state index contributed by atoms with van der Waals surface area (Å²) in [6, 6.07) is 4.25. The molecule has 1 aromatic rings. The van der Waals surface area contributed by atoms with Crippen molar-refractivity contribution in [2.75, 3.05) is 18.0 Å². The number of fused-ring (bicyclic) bond motifs is 1. The van der Waals surface area contributed by atoms with Crippen molar-refractivity contribution < 1.29 is 17.6 Å². The molecule has 0 fully saturated rings. The Morgan fingerprint density at radius 3 is 2.71 bits per heavy atom. The molecular formula is C11H10BrF4N. The number of anilines is 1. The van der Waals surface area contributed by atoms with Gasteiger partial charge in [-0.2, -0.15) is 13.2 Å². The summed E-state index contributed by atoms with van der Waals surface area (Å²) in [6.07, 6.45) is -3.62. The Morgan fingerprint density at radius 1 is 1.35 bits per heavy atom. The van der Waals surface area contributed by atoms with E-state index in [9.17, 15) is 17.6 Å². The van der Waals surface area contributed by atoms with E-state index in [1.54, 1.807) is 11.0 Å². The Balaban J connectivity index is 2.14. The molecule has 2 rings (SSSR count). The van der Waals surface area contributed by atoms with Gasteiger partial charge in [-0.3, -0.25) is 0 Å². The van der Waals surface area contributed by atoms with Crippen LogP contribution in [-0.4, -0.2) is 24.1 Å².